The van der Waals surface area contributed by atoms with Crippen LogP contribution < -0.4 is 10.9 Å². The third kappa shape index (κ3) is 6.01. The Hall–Kier alpha value is -3.14. The van der Waals surface area contributed by atoms with Crippen LogP contribution >= 0.6 is 11.3 Å². The Bertz CT molecular complexity index is 1250. The number of benzene rings is 1. The maximum Gasteiger partial charge on any atom is 0.258 e. The fourth-order valence-corrected chi connectivity index (χ4v) is 4.20. The van der Waals surface area contributed by atoms with Gasteiger partial charge in [-0.15, -0.1) is 11.3 Å². The van der Waals surface area contributed by atoms with Gasteiger partial charge >= 0.3 is 0 Å². The second kappa shape index (κ2) is 10.7. The van der Waals surface area contributed by atoms with E-state index in [9.17, 15) is 4.79 Å². The summed E-state index contributed by atoms with van der Waals surface area (Å²) < 4.78 is 5.76. The normalized spacial score (nSPS) is 12.4. The third-order valence-electron chi connectivity index (χ3n) is 5.15. The van der Waals surface area contributed by atoms with Gasteiger partial charge in [-0.25, -0.2) is 9.97 Å². The number of rotatable bonds is 10. The summed E-state index contributed by atoms with van der Waals surface area (Å²) in [6.07, 6.45) is 2.63. The van der Waals surface area contributed by atoms with E-state index in [-0.39, 0.29) is 12.2 Å². The molecule has 1 atom stereocenters. The molecular weight excluding hydrogens is 436 g/mol. The van der Waals surface area contributed by atoms with E-state index in [0.29, 0.717) is 40.8 Å². The van der Waals surface area contributed by atoms with Gasteiger partial charge in [0.05, 0.1) is 12.0 Å². The minimum absolute atomic E-state index is 0.196. The largest absolute Gasteiger partial charge is 0.369 e. The van der Waals surface area contributed by atoms with Crippen LogP contribution in [-0.2, 0) is 18.0 Å². The number of nitrogens with zero attached hydrogens (tertiary/aromatic N) is 4. The van der Waals surface area contributed by atoms with Gasteiger partial charge in [-0.05, 0) is 45.6 Å². The minimum atomic E-state index is -0.215. The van der Waals surface area contributed by atoms with Gasteiger partial charge in [-0.2, -0.15) is 0 Å². The van der Waals surface area contributed by atoms with Crippen molar-refractivity contribution in [2.24, 2.45) is 0 Å². The lowest BCUT2D eigenvalue weighted by Crippen LogP contribution is -2.22. The van der Waals surface area contributed by atoms with Crippen LogP contribution in [0.3, 0.4) is 0 Å². The highest BCUT2D eigenvalue weighted by Crippen LogP contribution is 2.28. The molecule has 0 bridgehead atoms. The summed E-state index contributed by atoms with van der Waals surface area (Å²) in [4.78, 5) is 31.5. The van der Waals surface area contributed by atoms with Gasteiger partial charge in [-0.1, -0.05) is 30.3 Å². The number of aromatic amines is 1. The quantitative estimate of drug-likeness (QED) is 0.367. The smallest absolute Gasteiger partial charge is 0.258 e. The molecule has 1 unspecified atom stereocenters. The molecule has 0 spiro atoms. The molecule has 1 aromatic carbocycles. The zero-order chi connectivity index (χ0) is 23.2. The predicted molar refractivity (Wildman–Crippen MR) is 132 cm³/mol. The number of ether oxygens (including phenoxy) is 1. The van der Waals surface area contributed by atoms with Gasteiger partial charge in [0.15, 0.2) is 5.13 Å². The summed E-state index contributed by atoms with van der Waals surface area (Å²) in [5, 5.41) is 6.69. The standard InChI is InChI=1S/C24H28N6O2S/c1-16(10-12-30(2)3)26-24-27-19(15-33-24)22-21-18(9-11-25-22)23(31)29-20(28-21)14-32-13-17-7-5-4-6-8-17/h4-9,11,15-16H,10,12-14H2,1-3H3,(H,26,27)(H,28,29,31). The first-order valence-electron chi connectivity index (χ1n) is 10.9. The third-order valence-corrected chi connectivity index (χ3v) is 5.92. The first kappa shape index (κ1) is 23.0. The lowest BCUT2D eigenvalue weighted by Gasteiger charge is -2.15. The van der Waals surface area contributed by atoms with Crippen LogP contribution in [0.1, 0.15) is 24.7 Å². The second-order valence-electron chi connectivity index (χ2n) is 8.22. The van der Waals surface area contributed by atoms with Crippen molar-refractivity contribution in [1.29, 1.82) is 0 Å². The van der Waals surface area contributed by atoms with Crippen molar-refractivity contribution in [3.63, 3.8) is 0 Å². The second-order valence-corrected chi connectivity index (χ2v) is 9.08. The molecule has 0 amide bonds. The van der Waals surface area contributed by atoms with Crippen molar-refractivity contribution >= 4 is 27.4 Å². The van der Waals surface area contributed by atoms with Gasteiger partial charge in [0.2, 0.25) is 0 Å². The fourth-order valence-electron chi connectivity index (χ4n) is 3.39. The molecule has 0 aliphatic rings. The zero-order valence-electron chi connectivity index (χ0n) is 19.0. The number of pyridine rings is 1. The van der Waals surface area contributed by atoms with Crippen molar-refractivity contribution in [1.82, 2.24) is 24.8 Å². The van der Waals surface area contributed by atoms with Crippen LogP contribution in [0.2, 0.25) is 0 Å². The molecule has 3 aromatic heterocycles. The fraction of sp³-hybridized carbons (Fsp3) is 0.333. The van der Waals surface area contributed by atoms with E-state index >= 15 is 0 Å². The maximum absolute atomic E-state index is 12.7. The number of nitrogens with one attached hydrogen (secondary N) is 2. The lowest BCUT2D eigenvalue weighted by atomic mass is 10.2. The van der Waals surface area contributed by atoms with Crippen molar-refractivity contribution in [2.45, 2.75) is 32.6 Å². The van der Waals surface area contributed by atoms with Crippen molar-refractivity contribution in [2.75, 3.05) is 26.0 Å². The van der Waals surface area contributed by atoms with Crippen LogP contribution in [0.5, 0.6) is 0 Å². The monoisotopic (exact) mass is 464 g/mol. The van der Waals surface area contributed by atoms with E-state index in [1.54, 1.807) is 12.3 Å². The van der Waals surface area contributed by atoms with Crippen LogP contribution in [0.15, 0.2) is 52.8 Å². The molecule has 0 saturated heterocycles. The number of thiazole rings is 1. The van der Waals surface area contributed by atoms with Crippen LogP contribution in [-0.4, -0.2) is 51.5 Å². The lowest BCUT2D eigenvalue weighted by molar-refractivity contribution is 0.102. The molecular formula is C24H28N6O2S. The number of H-pyrrole nitrogens is 1. The molecule has 0 aliphatic heterocycles. The van der Waals surface area contributed by atoms with Gasteiger partial charge in [0.25, 0.3) is 5.56 Å². The number of aromatic nitrogens is 4. The van der Waals surface area contributed by atoms with Crippen molar-refractivity contribution < 1.29 is 4.74 Å². The van der Waals surface area contributed by atoms with E-state index in [1.165, 1.54) is 11.3 Å². The minimum Gasteiger partial charge on any atom is -0.369 e. The summed E-state index contributed by atoms with van der Waals surface area (Å²) in [6.45, 7) is 3.78. The van der Waals surface area contributed by atoms with Crippen molar-refractivity contribution in [3.8, 4) is 11.4 Å². The average molecular weight is 465 g/mol. The SMILES string of the molecule is CC(CCN(C)C)Nc1nc(-c2nccc3c(=O)[nH]c(COCc4ccccc4)nc23)cs1. The van der Waals surface area contributed by atoms with Gasteiger partial charge in [0, 0.05) is 17.6 Å². The first-order chi connectivity index (χ1) is 16.0. The molecule has 0 radical (unpaired) electrons. The highest BCUT2D eigenvalue weighted by Gasteiger charge is 2.15. The predicted octanol–water partition coefficient (Wildman–Crippen LogP) is 3.91. The number of hydrogen-bond donors (Lipinski definition) is 2. The molecule has 8 nitrogen and oxygen atoms in total. The Morgan fingerprint density at radius 2 is 1.97 bits per heavy atom. The van der Waals surface area contributed by atoms with Crippen LogP contribution in [0.25, 0.3) is 22.3 Å². The van der Waals surface area contributed by atoms with E-state index < -0.39 is 0 Å². The first-order valence-corrected chi connectivity index (χ1v) is 11.7. The average Bonchev–Trinajstić information content (AvgIpc) is 3.26. The number of anilines is 1. The molecule has 2 N–H and O–H groups in total. The Labute approximate surface area is 196 Å². The molecule has 0 aliphatic carbocycles. The Morgan fingerprint density at radius 3 is 2.76 bits per heavy atom. The molecule has 3 heterocycles. The topological polar surface area (TPSA) is 96.0 Å². The number of hydrogen-bond acceptors (Lipinski definition) is 8. The molecule has 9 heteroatoms. The van der Waals surface area contributed by atoms with Gasteiger partial charge in [-0.3, -0.25) is 9.78 Å². The highest BCUT2D eigenvalue weighted by molar-refractivity contribution is 7.14. The van der Waals surface area contributed by atoms with Crippen molar-refractivity contribution in [3.05, 3.63) is 69.7 Å². The molecule has 4 rings (SSSR count). The molecule has 4 aromatic rings. The highest BCUT2D eigenvalue weighted by atomic mass is 32.1. The zero-order valence-corrected chi connectivity index (χ0v) is 19.9. The van der Waals surface area contributed by atoms with Gasteiger partial charge < -0.3 is 19.9 Å². The summed E-state index contributed by atoms with van der Waals surface area (Å²) in [5.74, 6) is 0.462. The summed E-state index contributed by atoms with van der Waals surface area (Å²) >= 11 is 1.52. The summed E-state index contributed by atoms with van der Waals surface area (Å²) in [6, 6.07) is 11.8. The Morgan fingerprint density at radius 1 is 1.15 bits per heavy atom. The van der Waals surface area contributed by atoms with Crippen LogP contribution in [0.4, 0.5) is 5.13 Å². The van der Waals surface area contributed by atoms with E-state index in [4.69, 9.17) is 9.72 Å². The summed E-state index contributed by atoms with van der Waals surface area (Å²) in [7, 11) is 4.13. The van der Waals surface area contributed by atoms with E-state index in [0.717, 1.165) is 23.7 Å². The van der Waals surface area contributed by atoms with Gasteiger partial charge in [0.1, 0.15) is 29.3 Å². The molecule has 0 fully saturated rings. The van der Waals surface area contributed by atoms with E-state index in [1.807, 2.05) is 35.7 Å². The molecule has 172 valence electrons. The molecule has 0 saturated carbocycles. The van der Waals surface area contributed by atoms with Crippen LogP contribution in [0, 0.1) is 0 Å². The Kier molecular flexibility index (Phi) is 7.43. The molecule has 33 heavy (non-hydrogen) atoms. The van der Waals surface area contributed by atoms with E-state index in [2.05, 4.69) is 46.2 Å². The number of fused-ring (bicyclic) bond motifs is 1. The summed E-state index contributed by atoms with van der Waals surface area (Å²) in [5.41, 5.74) is 2.66. The maximum atomic E-state index is 12.7. The Balaban J connectivity index is 1.53.